The van der Waals surface area contributed by atoms with Gasteiger partial charge in [0, 0.05) is 10.9 Å². The van der Waals surface area contributed by atoms with Crippen LogP contribution in [0.25, 0.3) is 0 Å². The van der Waals surface area contributed by atoms with Crippen molar-refractivity contribution >= 4 is 29.4 Å². The molecule has 1 unspecified atom stereocenters. The number of aryl methyl sites for hydroxylation is 1. The lowest BCUT2D eigenvalue weighted by Crippen LogP contribution is -2.35. The van der Waals surface area contributed by atoms with Crippen molar-refractivity contribution in [2.45, 2.75) is 26.0 Å². The van der Waals surface area contributed by atoms with Gasteiger partial charge in [0.15, 0.2) is 0 Å². The second-order valence-electron chi connectivity index (χ2n) is 5.75. The maximum atomic E-state index is 12.9. The predicted molar refractivity (Wildman–Crippen MR) is 100 cm³/mol. The number of nitrogens with one attached hydrogen (secondary N) is 2. The molecule has 132 valence electrons. The largest absolute Gasteiger partial charge is 0.325 e. The summed E-state index contributed by atoms with van der Waals surface area (Å²) >= 11 is 1.38. The number of carbonyl (C=O) groups is 2. The number of hydrogen-bond donors (Lipinski definition) is 2. The van der Waals surface area contributed by atoms with Crippen molar-refractivity contribution in [1.29, 1.82) is 0 Å². The Bertz CT molecular complexity index is 763. The zero-order chi connectivity index (χ0) is 18.4. The van der Waals surface area contributed by atoms with Crippen LogP contribution in [0.5, 0.6) is 0 Å². The average molecular weight is 360 g/mol. The summed E-state index contributed by atoms with van der Waals surface area (Å²) in [6.45, 7) is 5.80. The molecule has 0 fully saturated rings. The highest BCUT2D eigenvalue weighted by atomic mass is 32.2. The van der Waals surface area contributed by atoms with Crippen LogP contribution in [-0.2, 0) is 4.79 Å². The first-order valence-electron chi connectivity index (χ1n) is 7.91. The van der Waals surface area contributed by atoms with Gasteiger partial charge in [-0.05, 0) is 55.7 Å². The van der Waals surface area contributed by atoms with Gasteiger partial charge in [-0.25, -0.2) is 9.18 Å². The third-order valence-electron chi connectivity index (χ3n) is 3.91. The minimum atomic E-state index is -0.547. The van der Waals surface area contributed by atoms with E-state index in [2.05, 4.69) is 10.6 Å². The van der Waals surface area contributed by atoms with E-state index in [4.69, 9.17) is 0 Å². The number of anilines is 1. The number of hydrogen-bond acceptors (Lipinski definition) is 3. The number of amides is 3. The van der Waals surface area contributed by atoms with Crippen molar-refractivity contribution in [2.75, 3.05) is 11.1 Å². The maximum Gasteiger partial charge on any atom is 0.325 e. The molecule has 2 N–H and O–H groups in total. The number of carbonyl (C=O) groups excluding carboxylic acids is 2. The van der Waals surface area contributed by atoms with E-state index in [1.165, 1.54) is 23.9 Å². The first kappa shape index (κ1) is 19.0. The van der Waals surface area contributed by atoms with Crippen LogP contribution in [0.2, 0.25) is 0 Å². The van der Waals surface area contributed by atoms with Crippen LogP contribution in [0.3, 0.4) is 0 Å². The summed E-state index contributed by atoms with van der Waals surface area (Å²) in [5.41, 5.74) is 3.63. The van der Waals surface area contributed by atoms with Gasteiger partial charge in [-0.1, -0.05) is 24.3 Å². The molecule has 0 saturated heterocycles. The molecule has 1 atom stereocenters. The molecule has 2 aromatic carbocycles. The third-order valence-corrected chi connectivity index (χ3v) is 5.11. The predicted octanol–water partition coefficient (Wildman–Crippen LogP) is 4.59. The molecule has 0 aliphatic heterocycles. The minimum absolute atomic E-state index is 0.0217. The van der Waals surface area contributed by atoms with Gasteiger partial charge in [-0.3, -0.25) is 10.1 Å². The van der Waals surface area contributed by atoms with Gasteiger partial charge in [-0.2, -0.15) is 0 Å². The summed E-state index contributed by atoms with van der Waals surface area (Å²) in [5.74, 6) is -0.526. The van der Waals surface area contributed by atoms with E-state index in [-0.39, 0.29) is 22.7 Å². The molecule has 6 heteroatoms. The van der Waals surface area contributed by atoms with E-state index in [1.54, 1.807) is 18.2 Å². The van der Waals surface area contributed by atoms with Gasteiger partial charge in [0.1, 0.15) is 5.82 Å². The van der Waals surface area contributed by atoms with Gasteiger partial charge in [0.05, 0.1) is 5.75 Å². The molecule has 0 spiro atoms. The van der Waals surface area contributed by atoms with Crippen LogP contribution >= 0.6 is 11.8 Å². The fourth-order valence-electron chi connectivity index (χ4n) is 2.23. The Hall–Kier alpha value is -2.34. The molecule has 0 aliphatic carbocycles. The third kappa shape index (κ3) is 5.60. The summed E-state index contributed by atoms with van der Waals surface area (Å²) in [7, 11) is 0. The second kappa shape index (κ2) is 8.67. The monoisotopic (exact) mass is 360 g/mol. The summed E-state index contributed by atoms with van der Waals surface area (Å²) in [5, 5.41) is 5.03. The Labute approximate surface area is 151 Å². The van der Waals surface area contributed by atoms with Gasteiger partial charge >= 0.3 is 6.03 Å². The second-order valence-corrected chi connectivity index (χ2v) is 7.08. The quantitative estimate of drug-likeness (QED) is 0.820. The zero-order valence-corrected chi connectivity index (χ0v) is 15.2. The van der Waals surface area contributed by atoms with Crippen LogP contribution < -0.4 is 10.6 Å². The van der Waals surface area contributed by atoms with Crippen LogP contribution in [0.15, 0.2) is 42.5 Å². The maximum absolute atomic E-state index is 12.9. The summed E-state index contributed by atoms with van der Waals surface area (Å²) < 4.78 is 12.9. The van der Waals surface area contributed by atoms with Crippen molar-refractivity contribution in [3.05, 3.63) is 65.0 Å². The van der Waals surface area contributed by atoms with Gasteiger partial charge in [0.25, 0.3) is 0 Å². The number of imide groups is 1. The smallest absolute Gasteiger partial charge is 0.307 e. The van der Waals surface area contributed by atoms with Crippen molar-refractivity contribution in [3.8, 4) is 0 Å². The molecule has 0 bridgehead atoms. The summed E-state index contributed by atoms with van der Waals surface area (Å²) in [4.78, 5) is 23.9. The van der Waals surface area contributed by atoms with Crippen molar-refractivity contribution in [1.82, 2.24) is 5.32 Å². The summed E-state index contributed by atoms with van der Waals surface area (Å²) in [6, 6.07) is 11.2. The molecular weight excluding hydrogens is 339 g/mol. The van der Waals surface area contributed by atoms with Crippen molar-refractivity contribution in [3.63, 3.8) is 0 Å². The Morgan fingerprint density at radius 3 is 2.48 bits per heavy atom. The molecule has 2 rings (SSSR count). The van der Waals surface area contributed by atoms with E-state index >= 15 is 0 Å². The molecular formula is C19H21FN2O2S. The summed E-state index contributed by atoms with van der Waals surface area (Å²) in [6.07, 6.45) is 0. The van der Waals surface area contributed by atoms with E-state index in [9.17, 15) is 14.0 Å². The van der Waals surface area contributed by atoms with Crippen LogP contribution in [0.1, 0.15) is 28.9 Å². The van der Waals surface area contributed by atoms with Crippen LogP contribution in [0.4, 0.5) is 14.9 Å². The van der Waals surface area contributed by atoms with Gasteiger partial charge in [0.2, 0.25) is 5.91 Å². The highest BCUT2D eigenvalue weighted by molar-refractivity contribution is 8.00. The first-order valence-corrected chi connectivity index (χ1v) is 8.96. The Morgan fingerprint density at radius 2 is 1.80 bits per heavy atom. The fourth-order valence-corrected chi connectivity index (χ4v) is 3.06. The molecule has 2 aromatic rings. The SMILES string of the molecule is Cc1cccc(NC(=O)NC(=O)CSC(C)c2ccc(F)cc2)c1C. The molecule has 3 amide bonds. The number of rotatable bonds is 5. The molecule has 25 heavy (non-hydrogen) atoms. The highest BCUT2D eigenvalue weighted by Crippen LogP contribution is 2.27. The average Bonchev–Trinajstić information content (AvgIpc) is 2.57. The molecule has 0 aliphatic rings. The van der Waals surface area contributed by atoms with E-state index in [1.807, 2.05) is 32.9 Å². The standard InChI is InChI=1S/C19H21FN2O2S/c1-12-5-4-6-17(13(12)2)21-19(24)22-18(23)11-25-14(3)15-7-9-16(20)10-8-15/h4-10,14H,11H2,1-3H3,(H2,21,22,23,24). The molecule has 4 nitrogen and oxygen atoms in total. The first-order chi connectivity index (χ1) is 11.9. The highest BCUT2D eigenvalue weighted by Gasteiger charge is 2.13. The topological polar surface area (TPSA) is 58.2 Å². The van der Waals surface area contributed by atoms with E-state index in [0.717, 1.165) is 16.7 Å². The van der Waals surface area contributed by atoms with Gasteiger partial charge < -0.3 is 5.32 Å². The van der Waals surface area contributed by atoms with E-state index < -0.39 is 6.03 Å². The molecule has 0 saturated carbocycles. The lowest BCUT2D eigenvalue weighted by molar-refractivity contribution is -0.117. The van der Waals surface area contributed by atoms with Crippen LogP contribution in [0, 0.1) is 19.7 Å². The Kier molecular flexibility index (Phi) is 6.58. The Balaban J connectivity index is 1.82. The van der Waals surface area contributed by atoms with Crippen molar-refractivity contribution < 1.29 is 14.0 Å². The zero-order valence-electron chi connectivity index (χ0n) is 14.4. The Morgan fingerprint density at radius 1 is 1.12 bits per heavy atom. The molecule has 0 radical (unpaired) electrons. The number of halogens is 1. The van der Waals surface area contributed by atoms with Crippen molar-refractivity contribution in [2.24, 2.45) is 0 Å². The fraction of sp³-hybridized carbons (Fsp3) is 0.263. The number of thioether (sulfide) groups is 1. The number of benzene rings is 2. The van der Waals surface area contributed by atoms with Gasteiger partial charge in [-0.15, -0.1) is 11.8 Å². The normalized spacial score (nSPS) is 11.7. The lowest BCUT2D eigenvalue weighted by atomic mass is 10.1. The molecule has 0 aromatic heterocycles. The van der Waals surface area contributed by atoms with Crippen LogP contribution in [-0.4, -0.2) is 17.7 Å². The van der Waals surface area contributed by atoms with E-state index in [0.29, 0.717) is 5.69 Å². The minimum Gasteiger partial charge on any atom is -0.307 e. The molecule has 0 heterocycles. The number of urea groups is 1. The lowest BCUT2D eigenvalue weighted by Gasteiger charge is -2.13.